The number of para-hydroxylation sites is 2. The molecule has 0 saturated carbocycles. The van der Waals surface area contributed by atoms with Crippen LogP contribution in [-0.4, -0.2) is 26.7 Å². The molecule has 6 nitrogen and oxygen atoms in total. The molecular formula is C22H19FN4O2S. The van der Waals surface area contributed by atoms with Crippen LogP contribution >= 0.6 is 11.8 Å². The minimum atomic E-state index is -0.334. The lowest BCUT2D eigenvalue weighted by Gasteiger charge is -2.10. The molecule has 0 aliphatic carbocycles. The number of amides is 1. The van der Waals surface area contributed by atoms with Crippen LogP contribution in [0.3, 0.4) is 0 Å². The van der Waals surface area contributed by atoms with Crippen LogP contribution in [0, 0.1) is 5.82 Å². The number of imidazole rings is 1. The molecular weight excluding hydrogens is 403 g/mol. The molecule has 0 radical (unpaired) electrons. The van der Waals surface area contributed by atoms with E-state index in [0.29, 0.717) is 17.3 Å². The maximum atomic E-state index is 13.0. The Hall–Kier alpha value is -3.39. The molecule has 2 aromatic carbocycles. The summed E-state index contributed by atoms with van der Waals surface area (Å²) in [5.41, 5.74) is 2.36. The molecule has 2 aromatic heterocycles. The van der Waals surface area contributed by atoms with Gasteiger partial charge in [0.25, 0.3) is 0 Å². The van der Waals surface area contributed by atoms with Crippen molar-refractivity contribution in [2.45, 2.75) is 12.3 Å². The number of benzene rings is 2. The molecule has 1 N–H and O–H groups in total. The van der Waals surface area contributed by atoms with Crippen LogP contribution in [0.5, 0.6) is 11.6 Å². The van der Waals surface area contributed by atoms with Gasteiger partial charge < -0.3 is 14.6 Å². The second kappa shape index (κ2) is 8.96. The Labute approximate surface area is 177 Å². The fourth-order valence-electron chi connectivity index (χ4n) is 3.02. The monoisotopic (exact) mass is 422 g/mol. The third-order valence-electron chi connectivity index (χ3n) is 4.36. The van der Waals surface area contributed by atoms with Crippen molar-refractivity contribution in [1.82, 2.24) is 14.5 Å². The number of carbonyl (C=O) groups excluding carboxylic acids is 1. The third kappa shape index (κ3) is 4.60. The predicted octanol–water partition coefficient (Wildman–Crippen LogP) is 4.86. The standard InChI is InChI=1S/C22H19FN4O2S/c1-30-14-20-26-18-4-2-3-5-19(18)27(20)13-21(28)25-16-8-11-22(24-12-16)29-17-9-6-15(23)7-10-17/h2-12H,13-14H2,1H3,(H,25,28). The van der Waals surface area contributed by atoms with E-state index in [1.165, 1.54) is 30.5 Å². The van der Waals surface area contributed by atoms with E-state index in [1.807, 2.05) is 35.1 Å². The molecule has 0 atom stereocenters. The van der Waals surface area contributed by atoms with Crippen molar-refractivity contribution < 1.29 is 13.9 Å². The van der Waals surface area contributed by atoms with E-state index >= 15 is 0 Å². The number of thioether (sulfide) groups is 1. The Morgan fingerprint density at radius 3 is 2.67 bits per heavy atom. The normalized spacial score (nSPS) is 10.9. The summed E-state index contributed by atoms with van der Waals surface area (Å²) in [4.78, 5) is 21.4. The highest BCUT2D eigenvalue weighted by Gasteiger charge is 2.13. The van der Waals surface area contributed by atoms with Crippen LogP contribution in [-0.2, 0) is 17.1 Å². The zero-order valence-corrected chi connectivity index (χ0v) is 17.0. The molecule has 8 heteroatoms. The number of ether oxygens (including phenoxy) is 1. The number of halogens is 1. The predicted molar refractivity (Wildman–Crippen MR) is 116 cm³/mol. The Morgan fingerprint density at radius 2 is 1.93 bits per heavy atom. The van der Waals surface area contributed by atoms with Crippen LogP contribution in [0.15, 0.2) is 66.9 Å². The van der Waals surface area contributed by atoms with Crippen LogP contribution in [0.1, 0.15) is 5.82 Å². The summed E-state index contributed by atoms with van der Waals surface area (Å²) >= 11 is 1.66. The van der Waals surface area contributed by atoms with Gasteiger partial charge in [0, 0.05) is 6.07 Å². The maximum absolute atomic E-state index is 13.0. The van der Waals surface area contributed by atoms with Crippen molar-refractivity contribution in [2.24, 2.45) is 0 Å². The van der Waals surface area contributed by atoms with Gasteiger partial charge in [0.15, 0.2) is 0 Å². The summed E-state index contributed by atoms with van der Waals surface area (Å²) in [7, 11) is 0. The van der Waals surface area contributed by atoms with Crippen molar-refractivity contribution in [3.8, 4) is 11.6 Å². The van der Waals surface area contributed by atoms with Crippen LogP contribution < -0.4 is 10.1 Å². The molecule has 1 amide bonds. The summed E-state index contributed by atoms with van der Waals surface area (Å²) in [6.45, 7) is 0.157. The first kappa shape index (κ1) is 19.9. The molecule has 0 aliphatic heterocycles. The number of nitrogens with zero attached hydrogens (tertiary/aromatic N) is 3. The van der Waals surface area contributed by atoms with E-state index in [0.717, 1.165) is 22.6 Å². The average Bonchev–Trinajstić information content (AvgIpc) is 3.08. The highest BCUT2D eigenvalue weighted by Crippen LogP contribution is 2.22. The number of rotatable bonds is 7. The third-order valence-corrected chi connectivity index (χ3v) is 4.91. The van der Waals surface area contributed by atoms with Crippen molar-refractivity contribution in [3.63, 3.8) is 0 Å². The highest BCUT2D eigenvalue weighted by molar-refractivity contribution is 7.97. The van der Waals surface area contributed by atoms with E-state index in [-0.39, 0.29) is 18.3 Å². The number of hydrogen-bond donors (Lipinski definition) is 1. The van der Waals surface area contributed by atoms with E-state index in [9.17, 15) is 9.18 Å². The largest absolute Gasteiger partial charge is 0.439 e. The van der Waals surface area contributed by atoms with Gasteiger partial charge in [-0.2, -0.15) is 11.8 Å². The van der Waals surface area contributed by atoms with Crippen molar-refractivity contribution in [3.05, 3.63) is 78.5 Å². The molecule has 0 fully saturated rings. The molecule has 30 heavy (non-hydrogen) atoms. The van der Waals surface area contributed by atoms with Gasteiger partial charge in [-0.05, 0) is 48.7 Å². The number of fused-ring (bicyclic) bond motifs is 1. The number of nitrogens with one attached hydrogen (secondary N) is 1. The number of pyridine rings is 1. The van der Waals surface area contributed by atoms with Crippen molar-refractivity contribution in [1.29, 1.82) is 0 Å². The van der Waals surface area contributed by atoms with Gasteiger partial charge in [-0.3, -0.25) is 4.79 Å². The van der Waals surface area contributed by atoms with E-state index in [2.05, 4.69) is 15.3 Å². The SMILES string of the molecule is CSCc1nc2ccccc2n1CC(=O)Nc1ccc(Oc2ccc(F)cc2)nc1. The van der Waals surface area contributed by atoms with Gasteiger partial charge in [0.2, 0.25) is 11.8 Å². The highest BCUT2D eigenvalue weighted by atomic mass is 32.2. The molecule has 0 unspecified atom stereocenters. The minimum Gasteiger partial charge on any atom is -0.439 e. The smallest absolute Gasteiger partial charge is 0.244 e. The molecule has 4 rings (SSSR count). The van der Waals surface area contributed by atoms with Crippen LogP contribution in [0.25, 0.3) is 11.0 Å². The maximum Gasteiger partial charge on any atom is 0.244 e. The van der Waals surface area contributed by atoms with Gasteiger partial charge in [-0.25, -0.2) is 14.4 Å². The molecule has 0 spiro atoms. The lowest BCUT2D eigenvalue weighted by molar-refractivity contribution is -0.116. The fourth-order valence-corrected chi connectivity index (χ4v) is 3.50. The Bertz CT molecular complexity index is 1160. The van der Waals surface area contributed by atoms with Gasteiger partial charge in [-0.1, -0.05) is 12.1 Å². The zero-order chi connectivity index (χ0) is 20.9. The number of anilines is 1. The average molecular weight is 422 g/mol. The number of carbonyl (C=O) groups is 1. The summed E-state index contributed by atoms with van der Waals surface area (Å²) in [6, 6.07) is 16.8. The van der Waals surface area contributed by atoms with E-state index in [1.54, 1.807) is 23.9 Å². The van der Waals surface area contributed by atoms with Crippen molar-refractivity contribution in [2.75, 3.05) is 11.6 Å². The quantitative estimate of drug-likeness (QED) is 0.460. The summed E-state index contributed by atoms with van der Waals surface area (Å²) < 4.78 is 20.5. The van der Waals surface area contributed by atoms with Crippen molar-refractivity contribution >= 4 is 34.4 Å². The number of hydrogen-bond acceptors (Lipinski definition) is 5. The number of aromatic nitrogens is 3. The molecule has 152 valence electrons. The molecule has 2 heterocycles. The lowest BCUT2D eigenvalue weighted by Crippen LogP contribution is -2.20. The van der Waals surface area contributed by atoms with Crippen LogP contribution in [0.2, 0.25) is 0 Å². The first-order valence-corrected chi connectivity index (χ1v) is 10.6. The zero-order valence-electron chi connectivity index (χ0n) is 16.2. The Morgan fingerprint density at radius 1 is 1.13 bits per heavy atom. The first-order chi connectivity index (χ1) is 14.6. The molecule has 0 aliphatic rings. The minimum absolute atomic E-state index is 0.157. The van der Waals surface area contributed by atoms with Gasteiger partial charge in [0.1, 0.15) is 23.9 Å². The Balaban J connectivity index is 1.44. The molecule has 0 saturated heterocycles. The lowest BCUT2D eigenvalue weighted by atomic mass is 10.3. The fraction of sp³-hybridized carbons (Fsp3) is 0.136. The first-order valence-electron chi connectivity index (χ1n) is 9.25. The van der Waals surface area contributed by atoms with Gasteiger partial charge >= 0.3 is 0 Å². The summed E-state index contributed by atoms with van der Waals surface area (Å²) in [6.07, 6.45) is 3.52. The summed E-state index contributed by atoms with van der Waals surface area (Å²) in [5, 5.41) is 2.85. The topological polar surface area (TPSA) is 69.0 Å². The van der Waals surface area contributed by atoms with Crippen LogP contribution in [0.4, 0.5) is 10.1 Å². The second-order valence-corrected chi connectivity index (χ2v) is 7.39. The molecule has 4 aromatic rings. The summed E-state index contributed by atoms with van der Waals surface area (Å²) in [5.74, 6) is 1.91. The van der Waals surface area contributed by atoms with Gasteiger partial charge in [0.05, 0.1) is 28.7 Å². The van der Waals surface area contributed by atoms with E-state index < -0.39 is 0 Å². The molecule has 0 bridgehead atoms. The second-order valence-electron chi connectivity index (χ2n) is 6.53. The Kier molecular flexibility index (Phi) is 5.94. The van der Waals surface area contributed by atoms with Gasteiger partial charge in [-0.15, -0.1) is 0 Å². The van der Waals surface area contributed by atoms with E-state index in [4.69, 9.17) is 4.74 Å².